The van der Waals surface area contributed by atoms with E-state index >= 15 is 0 Å². The average Bonchev–Trinajstić information content (AvgIpc) is 2.16. The van der Waals surface area contributed by atoms with E-state index in [4.69, 9.17) is 11.0 Å². The maximum Gasteiger partial charge on any atom is 0.0635 e. The summed E-state index contributed by atoms with van der Waals surface area (Å²) in [4.78, 5) is 2.36. The molecule has 2 atom stereocenters. The lowest BCUT2D eigenvalue weighted by Gasteiger charge is -2.36. The summed E-state index contributed by atoms with van der Waals surface area (Å²) in [5.41, 5.74) is 5.69. The van der Waals surface area contributed by atoms with Crippen LogP contribution in [-0.4, -0.2) is 31.1 Å². The molecule has 13 heavy (non-hydrogen) atoms. The maximum absolute atomic E-state index is 8.47. The summed E-state index contributed by atoms with van der Waals surface area (Å²) >= 11 is 0. The van der Waals surface area contributed by atoms with E-state index in [1.54, 1.807) is 0 Å². The number of likely N-dealkylation sites (tertiary alicyclic amines) is 1. The molecule has 1 fully saturated rings. The normalized spacial score (nSPS) is 29.9. The maximum atomic E-state index is 8.47. The minimum Gasteiger partial charge on any atom is -0.330 e. The predicted molar refractivity (Wildman–Crippen MR) is 53.0 cm³/mol. The fraction of sp³-hybridized carbons (Fsp3) is 0.900. The highest BCUT2D eigenvalue weighted by Crippen LogP contribution is 2.21. The van der Waals surface area contributed by atoms with E-state index in [1.165, 1.54) is 6.42 Å². The van der Waals surface area contributed by atoms with Crippen LogP contribution in [0.5, 0.6) is 0 Å². The standard InChI is InChI=1S/C10H19N3/c1-9-3-6-13(5-2-4-11)8-10(9)7-12/h9-10H,2-3,5-8,12H2,1H3. The number of nitriles is 1. The lowest BCUT2D eigenvalue weighted by molar-refractivity contribution is 0.135. The summed E-state index contributed by atoms with van der Waals surface area (Å²) in [7, 11) is 0. The van der Waals surface area contributed by atoms with Crippen molar-refractivity contribution in [2.24, 2.45) is 17.6 Å². The third-order valence-electron chi connectivity index (χ3n) is 3.04. The van der Waals surface area contributed by atoms with Gasteiger partial charge in [-0.05, 0) is 31.3 Å². The third kappa shape index (κ3) is 2.98. The molecule has 0 bridgehead atoms. The molecule has 2 N–H and O–H groups in total. The SMILES string of the molecule is CC1CCN(CCC#N)CC1CN. The number of nitrogens with two attached hydrogens (primary N) is 1. The second-order valence-electron chi connectivity index (χ2n) is 3.97. The lowest BCUT2D eigenvalue weighted by atomic mass is 9.87. The Labute approximate surface area is 80.5 Å². The van der Waals surface area contributed by atoms with Crippen molar-refractivity contribution in [3.05, 3.63) is 0 Å². The van der Waals surface area contributed by atoms with Crippen molar-refractivity contribution >= 4 is 0 Å². The quantitative estimate of drug-likeness (QED) is 0.701. The predicted octanol–water partition coefficient (Wildman–Crippen LogP) is 0.817. The first kappa shape index (κ1) is 10.5. The molecule has 0 aromatic heterocycles. The van der Waals surface area contributed by atoms with Crippen molar-refractivity contribution in [1.82, 2.24) is 4.90 Å². The van der Waals surface area contributed by atoms with Crippen LogP contribution in [0.25, 0.3) is 0 Å². The molecule has 2 unspecified atom stereocenters. The molecular formula is C10H19N3. The van der Waals surface area contributed by atoms with E-state index in [9.17, 15) is 0 Å². The van der Waals surface area contributed by atoms with Crippen molar-refractivity contribution in [2.45, 2.75) is 19.8 Å². The number of rotatable bonds is 3. The Balaban J connectivity index is 2.32. The minimum absolute atomic E-state index is 0.632. The molecule has 0 amide bonds. The fourth-order valence-corrected chi connectivity index (χ4v) is 1.94. The van der Waals surface area contributed by atoms with Crippen LogP contribution in [0.1, 0.15) is 19.8 Å². The van der Waals surface area contributed by atoms with Crippen LogP contribution in [-0.2, 0) is 0 Å². The van der Waals surface area contributed by atoms with E-state index in [1.807, 2.05) is 0 Å². The second-order valence-corrected chi connectivity index (χ2v) is 3.97. The first-order valence-electron chi connectivity index (χ1n) is 5.07. The molecule has 0 aliphatic carbocycles. The van der Waals surface area contributed by atoms with Gasteiger partial charge in [0, 0.05) is 19.5 Å². The fourth-order valence-electron chi connectivity index (χ4n) is 1.94. The van der Waals surface area contributed by atoms with Crippen LogP contribution in [0, 0.1) is 23.2 Å². The van der Waals surface area contributed by atoms with Crippen molar-refractivity contribution in [3.8, 4) is 6.07 Å². The van der Waals surface area contributed by atoms with Gasteiger partial charge in [0.15, 0.2) is 0 Å². The first-order chi connectivity index (χ1) is 6.27. The van der Waals surface area contributed by atoms with Crippen LogP contribution >= 0.6 is 0 Å². The number of piperidine rings is 1. The average molecular weight is 181 g/mol. The van der Waals surface area contributed by atoms with Gasteiger partial charge < -0.3 is 10.6 Å². The number of hydrogen-bond donors (Lipinski definition) is 1. The molecule has 0 radical (unpaired) electrons. The molecule has 0 spiro atoms. The first-order valence-corrected chi connectivity index (χ1v) is 5.07. The smallest absolute Gasteiger partial charge is 0.0635 e. The summed E-state index contributed by atoms with van der Waals surface area (Å²) in [5.74, 6) is 1.38. The van der Waals surface area contributed by atoms with Crippen molar-refractivity contribution in [1.29, 1.82) is 5.26 Å². The zero-order chi connectivity index (χ0) is 9.68. The zero-order valence-electron chi connectivity index (χ0n) is 8.37. The molecule has 1 aliphatic heterocycles. The molecule has 1 aliphatic rings. The van der Waals surface area contributed by atoms with Gasteiger partial charge in [0.25, 0.3) is 0 Å². The summed E-state index contributed by atoms with van der Waals surface area (Å²) in [5, 5.41) is 8.47. The largest absolute Gasteiger partial charge is 0.330 e. The Morgan fingerprint density at radius 3 is 3.00 bits per heavy atom. The Kier molecular flexibility index (Phi) is 4.20. The van der Waals surface area contributed by atoms with Crippen LogP contribution in [0.3, 0.4) is 0 Å². The minimum atomic E-state index is 0.632. The highest BCUT2D eigenvalue weighted by atomic mass is 15.1. The monoisotopic (exact) mass is 181 g/mol. The topological polar surface area (TPSA) is 53.0 Å². The van der Waals surface area contributed by atoms with E-state index in [-0.39, 0.29) is 0 Å². The van der Waals surface area contributed by atoms with Gasteiger partial charge in [-0.15, -0.1) is 0 Å². The molecule has 1 rings (SSSR count). The van der Waals surface area contributed by atoms with Crippen molar-refractivity contribution in [2.75, 3.05) is 26.2 Å². The molecule has 0 aromatic carbocycles. The molecule has 3 heteroatoms. The highest BCUT2D eigenvalue weighted by Gasteiger charge is 2.24. The van der Waals surface area contributed by atoms with Gasteiger partial charge in [0.05, 0.1) is 6.07 Å². The summed E-state index contributed by atoms with van der Waals surface area (Å²) < 4.78 is 0. The molecule has 1 heterocycles. The third-order valence-corrected chi connectivity index (χ3v) is 3.04. The van der Waals surface area contributed by atoms with Crippen LogP contribution in [0.4, 0.5) is 0 Å². The highest BCUT2D eigenvalue weighted by molar-refractivity contribution is 4.81. The Hall–Kier alpha value is -0.590. The van der Waals surface area contributed by atoms with Crippen molar-refractivity contribution in [3.63, 3.8) is 0 Å². The van der Waals surface area contributed by atoms with Crippen LogP contribution < -0.4 is 5.73 Å². The second kappa shape index (κ2) is 5.21. The van der Waals surface area contributed by atoms with Crippen LogP contribution in [0.2, 0.25) is 0 Å². The number of nitrogens with zero attached hydrogens (tertiary/aromatic N) is 2. The van der Waals surface area contributed by atoms with Gasteiger partial charge in [-0.25, -0.2) is 0 Å². The van der Waals surface area contributed by atoms with Gasteiger partial charge in [0.2, 0.25) is 0 Å². The number of hydrogen-bond acceptors (Lipinski definition) is 3. The molecular weight excluding hydrogens is 162 g/mol. The van der Waals surface area contributed by atoms with Gasteiger partial charge >= 0.3 is 0 Å². The van der Waals surface area contributed by atoms with Crippen LogP contribution in [0.15, 0.2) is 0 Å². The zero-order valence-corrected chi connectivity index (χ0v) is 8.37. The molecule has 0 aromatic rings. The Morgan fingerprint density at radius 1 is 1.62 bits per heavy atom. The Bertz CT molecular complexity index is 185. The Morgan fingerprint density at radius 2 is 2.38 bits per heavy atom. The van der Waals surface area contributed by atoms with Gasteiger partial charge in [-0.2, -0.15) is 5.26 Å². The van der Waals surface area contributed by atoms with E-state index < -0.39 is 0 Å². The van der Waals surface area contributed by atoms with E-state index in [2.05, 4.69) is 17.9 Å². The van der Waals surface area contributed by atoms with E-state index in [0.717, 1.165) is 32.1 Å². The summed E-state index contributed by atoms with van der Waals surface area (Å²) in [6.45, 7) is 6.20. The van der Waals surface area contributed by atoms with Crippen molar-refractivity contribution < 1.29 is 0 Å². The summed E-state index contributed by atoms with van der Waals surface area (Å²) in [6, 6.07) is 2.19. The molecule has 3 nitrogen and oxygen atoms in total. The lowest BCUT2D eigenvalue weighted by Crippen LogP contribution is -2.42. The summed E-state index contributed by atoms with van der Waals surface area (Å²) in [6.07, 6.45) is 1.87. The van der Waals surface area contributed by atoms with Gasteiger partial charge in [-0.1, -0.05) is 6.92 Å². The van der Waals surface area contributed by atoms with Gasteiger partial charge in [-0.3, -0.25) is 0 Å². The van der Waals surface area contributed by atoms with Gasteiger partial charge in [0.1, 0.15) is 0 Å². The molecule has 1 saturated heterocycles. The molecule has 0 saturated carbocycles. The van der Waals surface area contributed by atoms with E-state index in [0.29, 0.717) is 12.3 Å². The molecule has 74 valence electrons.